The van der Waals surface area contributed by atoms with Crippen LogP contribution in [-0.2, 0) is 4.79 Å². The summed E-state index contributed by atoms with van der Waals surface area (Å²) in [4.78, 5) is 18.9. The number of allylic oxidation sites excluding steroid dienone is 2. The lowest BCUT2D eigenvalue weighted by Crippen LogP contribution is -2.44. The summed E-state index contributed by atoms with van der Waals surface area (Å²) in [5, 5.41) is 8.52. The van der Waals surface area contributed by atoms with E-state index in [1.54, 1.807) is 0 Å². The van der Waals surface area contributed by atoms with Crippen LogP contribution < -0.4 is 0 Å². The number of carbonyl (C=O) groups is 1. The van der Waals surface area contributed by atoms with E-state index in [1.165, 1.54) is 0 Å². The molecule has 0 radical (unpaired) electrons. The van der Waals surface area contributed by atoms with Crippen molar-refractivity contribution in [1.29, 1.82) is 0 Å². The summed E-state index contributed by atoms with van der Waals surface area (Å²) in [5.74, 6) is -8.45. The molecule has 0 N–H and O–H groups in total. The maximum atomic E-state index is 13.3. The van der Waals surface area contributed by atoms with Gasteiger partial charge in [-0.3, -0.25) is 14.9 Å². The van der Waals surface area contributed by atoms with Crippen LogP contribution >= 0.6 is 11.6 Å². The smallest absolute Gasteiger partial charge is 0.275 e. The lowest BCUT2D eigenvalue weighted by molar-refractivity contribution is -0.598. The number of nitrogens with zero attached hydrogens (tertiary/aromatic N) is 1. The first kappa shape index (κ1) is 12.6. The average molecular weight is 260 g/mol. The highest BCUT2D eigenvalue weighted by Crippen LogP contribution is 2.39. The van der Waals surface area contributed by atoms with Crippen LogP contribution in [0.25, 0.3) is 0 Å². The fraction of sp³-hybridized carbons (Fsp3) is 0.286. The van der Waals surface area contributed by atoms with Crippen molar-refractivity contribution in [2.75, 3.05) is 0 Å². The number of halogens is 5. The van der Waals surface area contributed by atoms with Gasteiger partial charge in [0.1, 0.15) is 0 Å². The monoisotopic (exact) mass is 259 g/mol. The Bertz CT molecular complexity index is 435. The zero-order valence-corrected chi connectivity index (χ0v) is 7.97. The molecule has 0 aromatic carbocycles. The Morgan fingerprint density at radius 2 is 2.06 bits per heavy atom. The van der Waals surface area contributed by atoms with Crippen LogP contribution in [0.4, 0.5) is 17.6 Å². The van der Waals surface area contributed by atoms with Gasteiger partial charge in [0.05, 0.1) is 10.5 Å². The molecule has 4 nitrogen and oxygen atoms in total. The third-order valence-corrected chi connectivity index (χ3v) is 2.07. The van der Waals surface area contributed by atoms with E-state index in [2.05, 4.69) is 0 Å². The van der Waals surface area contributed by atoms with E-state index in [1.807, 2.05) is 0 Å². The molecule has 1 rings (SSSR count). The fourth-order valence-corrected chi connectivity index (χ4v) is 1.18. The summed E-state index contributed by atoms with van der Waals surface area (Å²) in [6, 6.07) is 0. The first-order chi connectivity index (χ1) is 7.21. The van der Waals surface area contributed by atoms with Gasteiger partial charge in [0, 0.05) is 6.08 Å². The summed E-state index contributed by atoms with van der Waals surface area (Å²) < 4.78 is 51.8. The Labute approximate surface area is 90.3 Å². The zero-order chi connectivity index (χ0) is 12.7. The van der Waals surface area contributed by atoms with E-state index in [9.17, 15) is 32.5 Å². The molecule has 1 aliphatic rings. The van der Waals surface area contributed by atoms with Gasteiger partial charge < -0.3 is 0 Å². The molecule has 1 aliphatic carbocycles. The normalized spacial score (nSPS) is 30.1. The molecule has 0 aromatic rings. The molecule has 0 amide bonds. The quantitative estimate of drug-likeness (QED) is 0.251. The van der Waals surface area contributed by atoms with Crippen LogP contribution in [0.15, 0.2) is 23.3 Å². The lowest BCUT2D eigenvalue weighted by Gasteiger charge is -2.21. The Morgan fingerprint density at radius 3 is 2.44 bits per heavy atom. The molecule has 0 aliphatic heterocycles. The average Bonchev–Trinajstić information content (AvgIpc) is 2.19. The molecule has 9 heteroatoms. The minimum atomic E-state index is -4.04. The van der Waals surface area contributed by atoms with Gasteiger partial charge in [-0.25, -0.2) is 13.2 Å². The number of hydrogen-bond donors (Lipinski definition) is 0. The maximum absolute atomic E-state index is 13.3. The lowest BCUT2D eigenvalue weighted by atomic mass is 9.98. The van der Waals surface area contributed by atoms with Crippen molar-refractivity contribution in [1.82, 2.24) is 0 Å². The molecular weight excluding hydrogens is 258 g/mol. The van der Waals surface area contributed by atoms with Crippen molar-refractivity contribution in [2.45, 2.75) is 12.0 Å². The second kappa shape index (κ2) is 3.85. The highest BCUT2D eigenvalue weighted by atomic mass is 35.5. The topological polar surface area (TPSA) is 60.2 Å². The number of rotatable bonds is 2. The molecule has 16 heavy (non-hydrogen) atoms. The van der Waals surface area contributed by atoms with Gasteiger partial charge >= 0.3 is 5.79 Å². The van der Waals surface area contributed by atoms with E-state index < -0.39 is 39.4 Å². The highest BCUT2D eigenvalue weighted by Gasteiger charge is 2.57. The Morgan fingerprint density at radius 1 is 1.56 bits per heavy atom. The SMILES string of the molecule is O=C(Cl)C1=C[C@@](F)([N+](=O)[O-])[C@@H](F)C(F)=C1F. The van der Waals surface area contributed by atoms with E-state index in [0.717, 1.165) is 0 Å². The van der Waals surface area contributed by atoms with Crippen LogP contribution in [0, 0.1) is 10.1 Å². The maximum Gasteiger partial charge on any atom is 0.416 e. The Kier molecular flexibility index (Phi) is 3.04. The number of alkyl halides is 2. The third-order valence-electron chi connectivity index (χ3n) is 1.86. The number of nitro groups is 1. The van der Waals surface area contributed by atoms with E-state index in [0.29, 0.717) is 0 Å². The first-order valence-corrected chi connectivity index (χ1v) is 4.05. The van der Waals surface area contributed by atoms with Gasteiger partial charge in [0.15, 0.2) is 11.7 Å². The third kappa shape index (κ3) is 1.69. The molecule has 2 atom stereocenters. The number of carbonyl (C=O) groups excluding carboxylic acids is 1. The van der Waals surface area contributed by atoms with Crippen LogP contribution in [0.3, 0.4) is 0 Å². The summed E-state index contributed by atoms with van der Waals surface area (Å²) in [6.45, 7) is 0. The van der Waals surface area contributed by atoms with Crippen molar-refractivity contribution in [3.8, 4) is 0 Å². The van der Waals surface area contributed by atoms with Crippen molar-refractivity contribution in [2.24, 2.45) is 0 Å². The van der Waals surface area contributed by atoms with Crippen molar-refractivity contribution >= 4 is 16.8 Å². The Hall–Kier alpha value is -1.44. The largest absolute Gasteiger partial charge is 0.416 e. The zero-order valence-electron chi connectivity index (χ0n) is 7.22. The molecule has 0 heterocycles. The molecule has 0 saturated heterocycles. The molecular formula is C7H2ClF4NO3. The molecule has 0 aromatic heterocycles. The van der Waals surface area contributed by atoms with Crippen LogP contribution in [-0.4, -0.2) is 22.1 Å². The van der Waals surface area contributed by atoms with E-state index >= 15 is 0 Å². The van der Waals surface area contributed by atoms with Gasteiger partial charge in [-0.05, 0) is 11.6 Å². The summed E-state index contributed by atoms with van der Waals surface area (Å²) in [6.07, 6.45) is -3.74. The molecule has 0 saturated carbocycles. The van der Waals surface area contributed by atoms with Gasteiger partial charge in [-0.2, -0.15) is 4.39 Å². The van der Waals surface area contributed by atoms with Gasteiger partial charge in [0.25, 0.3) is 11.4 Å². The van der Waals surface area contributed by atoms with E-state index in [4.69, 9.17) is 11.6 Å². The van der Waals surface area contributed by atoms with Gasteiger partial charge in [-0.15, -0.1) is 0 Å². The van der Waals surface area contributed by atoms with Crippen molar-refractivity contribution < 1.29 is 27.3 Å². The summed E-state index contributed by atoms with van der Waals surface area (Å²) in [5.41, 5.74) is -1.41. The molecule has 0 unspecified atom stereocenters. The molecule has 0 spiro atoms. The number of hydrogen-bond acceptors (Lipinski definition) is 3. The Balaban J connectivity index is 3.41. The second-order valence-electron chi connectivity index (χ2n) is 2.84. The highest BCUT2D eigenvalue weighted by molar-refractivity contribution is 6.68. The first-order valence-electron chi connectivity index (χ1n) is 3.67. The van der Waals surface area contributed by atoms with Gasteiger partial charge in [-0.1, -0.05) is 0 Å². The van der Waals surface area contributed by atoms with E-state index in [-0.39, 0.29) is 6.08 Å². The van der Waals surface area contributed by atoms with Crippen LogP contribution in [0.2, 0.25) is 0 Å². The minimum absolute atomic E-state index is 0.286. The summed E-state index contributed by atoms with van der Waals surface area (Å²) in [7, 11) is 0. The molecule has 88 valence electrons. The predicted octanol–water partition coefficient (Wildman–Crippen LogP) is 2.12. The van der Waals surface area contributed by atoms with Gasteiger partial charge in [0.2, 0.25) is 0 Å². The second-order valence-corrected chi connectivity index (χ2v) is 3.18. The summed E-state index contributed by atoms with van der Waals surface area (Å²) >= 11 is 4.74. The van der Waals surface area contributed by atoms with Crippen LogP contribution in [0.5, 0.6) is 0 Å². The fourth-order valence-electron chi connectivity index (χ4n) is 1.04. The standard InChI is InChI=1S/C7H2ClF4NO3/c8-6(14)2-1-7(12,13(15)16)5(11)4(10)3(2)9/h1,5H/t5-,7+/m0/s1. The van der Waals surface area contributed by atoms with Crippen molar-refractivity contribution in [3.63, 3.8) is 0 Å². The minimum Gasteiger partial charge on any atom is -0.275 e. The molecule has 0 fully saturated rings. The predicted molar refractivity (Wildman–Crippen MR) is 43.9 cm³/mol. The molecule has 0 bridgehead atoms. The van der Waals surface area contributed by atoms with Crippen molar-refractivity contribution in [3.05, 3.63) is 33.4 Å². The van der Waals surface area contributed by atoms with Crippen LogP contribution in [0.1, 0.15) is 0 Å².